The Balaban J connectivity index is 2.01. The number of nitrogens with zero attached hydrogens (tertiary/aromatic N) is 2. The summed E-state index contributed by atoms with van der Waals surface area (Å²) < 4.78 is 19.7. The number of hydrogen-bond donors (Lipinski definition) is 1. The maximum absolute atomic E-state index is 13.9. The second kappa shape index (κ2) is 5.21. The third kappa shape index (κ3) is 2.23. The summed E-state index contributed by atoms with van der Waals surface area (Å²) in [6.07, 6.45) is 1.74. The molecule has 2 heterocycles. The van der Waals surface area contributed by atoms with E-state index < -0.39 is 5.82 Å². The first kappa shape index (κ1) is 13.5. The van der Waals surface area contributed by atoms with Crippen molar-refractivity contribution in [1.29, 1.82) is 0 Å². The maximum Gasteiger partial charge on any atom is 0.155 e. The molecule has 1 N–H and O–H groups in total. The Morgan fingerprint density at radius 2 is 1.83 bits per heavy atom. The van der Waals surface area contributed by atoms with Crippen LogP contribution in [0.25, 0.3) is 33.2 Å². The second-order valence-electron chi connectivity index (χ2n) is 5.13. The maximum atomic E-state index is 13.9. The first-order chi connectivity index (χ1) is 11.3. The quantitative estimate of drug-likeness (QED) is 0.426. The summed E-state index contributed by atoms with van der Waals surface area (Å²) in [6.45, 7) is 0. The molecule has 0 radical (unpaired) electrons. The lowest BCUT2D eigenvalue weighted by molar-refractivity contribution is 0.302. The van der Waals surface area contributed by atoms with E-state index in [-0.39, 0.29) is 10.7 Å². The highest BCUT2D eigenvalue weighted by Crippen LogP contribution is 2.24. The number of halogens is 1. The van der Waals surface area contributed by atoms with Gasteiger partial charge in [0, 0.05) is 17.6 Å². The number of hydrogen-bond acceptors (Lipinski definition) is 4. The highest BCUT2D eigenvalue weighted by molar-refractivity contribution is 5.85. The van der Waals surface area contributed by atoms with E-state index in [9.17, 15) is 9.60 Å². The van der Waals surface area contributed by atoms with Crippen LogP contribution in [0.1, 0.15) is 0 Å². The molecule has 2 aromatic carbocycles. The third-order valence-corrected chi connectivity index (χ3v) is 3.71. The van der Waals surface area contributed by atoms with Gasteiger partial charge in [0.05, 0.1) is 5.39 Å². The van der Waals surface area contributed by atoms with Gasteiger partial charge in [-0.2, -0.15) is 0 Å². The van der Waals surface area contributed by atoms with Crippen molar-refractivity contribution in [1.82, 2.24) is 4.98 Å². The van der Waals surface area contributed by atoms with Crippen molar-refractivity contribution >= 4 is 21.7 Å². The van der Waals surface area contributed by atoms with Gasteiger partial charge >= 0.3 is 0 Å². The third-order valence-electron chi connectivity index (χ3n) is 3.71. The van der Waals surface area contributed by atoms with Crippen LogP contribution in [-0.2, 0) is 0 Å². The van der Waals surface area contributed by atoms with Crippen LogP contribution in [-0.4, -0.2) is 10.2 Å². The molecule has 4 aromatic rings. The smallest absolute Gasteiger partial charge is 0.155 e. The molecule has 5 heteroatoms. The number of rotatable bonds is 1. The Labute approximate surface area is 130 Å². The van der Waals surface area contributed by atoms with E-state index in [1.807, 2.05) is 30.3 Å². The van der Waals surface area contributed by atoms with Gasteiger partial charge in [0.25, 0.3) is 0 Å². The zero-order valence-electron chi connectivity index (χ0n) is 11.9. The summed E-state index contributed by atoms with van der Waals surface area (Å²) in [6, 6.07) is 15.6. The van der Waals surface area contributed by atoms with Crippen LogP contribution in [0, 0.1) is 5.82 Å². The zero-order valence-corrected chi connectivity index (χ0v) is 11.9. The zero-order chi connectivity index (χ0) is 15.8. The van der Waals surface area contributed by atoms with Gasteiger partial charge < -0.3 is 9.62 Å². The van der Waals surface area contributed by atoms with Crippen molar-refractivity contribution in [3.63, 3.8) is 0 Å². The molecular weight excluding hydrogens is 295 g/mol. The fourth-order valence-electron chi connectivity index (χ4n) is 2.61. The molecule has 0 amide bonds. The number of benzene rings is 2. The van der Waals surface area contributed by atoms with Crippen molar-refractivity contribution in [2.75, 3.05) is 0 Å². The van der Waals surface area contributed by atoms with E-state index in [4.69, 9.17) is 4.42 Å². The van der Waals surface area contributed by atoms with Gasteiger partial charge in [-0.3, -0.25) is 4.98 Å². The van der Waals surface area contributed by atoms with Crippen LogP contribution in [0.4, 0.5) is 4.39 Å². The second-order valence-corrected chi connectivity index (χ2v) is 5.13. The van der Waals surface area contributed by atoms with E-state index in [2.05, 4.69) is 10.1 Å². The topological polar surface area (TPSA) is 58.6 Å². The average Bonchev–Trinajstić information content (AvgIpc) is 2.60. The van der Waals surface area contributed by atoms with Crippen LogP contribution >= 0.6 is 0 Å². The van der Waals surface area contributed by atoms with Gasteiger partial charge in [0.15, 0.2) is 5.76 Å². The minimum atomic E-state index is -0.503. The standard InChI is InChI=1S/C18H11FN2O2/c19-13-6-3-7-16-18(13)15(21-22)9-17(23-16)14-8-11-4-1-2-5-12(11)10-20-14/h1-10,22H. The molecule has 112 valence electrons. The lowest BCUT2D eigenvalue weighted by atomic mass is 10.1. The molecule has 0 aliphatic rings. The fraction of sp³-hybridized carbons (Fsp3) is 0. The summed E-state index contributed by atoms with van der Waals surface area (Å²) in [5, 5.41) is 14.6. The number of aromatic nitrogens is 1. The fourth-order valence-corrected chi connectivity index (χ4v) is 2.61. The minimum Gasteiger partial charge on any atom is -0.454 e. The minimum absolute atomic E-state index is 0.106. The molecule has 0 unspecified atom stereocenters. The Morgan fingerprint density at radius 3 is 2.65 bits per heavy atom. The molecular formula is C18H11FN2O2. The van der Waals surface area contributed by atoms with E-state index in [0.29, 0.717) is 17.0 Å². The molecule has 2 aromatic heterocycles. The Morgan fingerprint density at radius 1 is 1.00 bits per heavy atom. The molecule has 0 saturated heterocycles. The predicted octanol–water partition coefficient (Wildman–Crippen LogP) is 4.08. The molecule has 0 saturated carbocycles. The molecule has 0 fully saturated rings. The highest BCUT2D eigenvalue weighted by atomic mass is 19.1. The van der Waals surface area contributed by atoms with E-state index >= 15 is 0 Å². The van der Waals surface area contributed by atoms with Gasteiger partial charge in [-0.05, 0) is 23.6 Å². The monoisotopic (exact) mass is 306 g/mol. The van der Waals surface area contributed by atoms with Crippen LogP contribution in [0.3, 0.4) is 0 Å². The van der Waals surface area contributed by atoms with Crippen molar-refractivity contribution in [3.8, 4) is 11.5 Å². The van der Waals surface area contributed by atoms with Crippen LogP contribution in [0.15, 0.2) is 70.4 Å². The number of pyridine rings is 1. The van der Waals surface area contributed by atoms with Crippen molar-refractivity contribution < 1.29 is 14.0 Å². The molecule has 0 spiro atoms. The molecule has 23 heavy (non-hydrogen) atoms. The molecule has 0 atom stereocenters. The largest absolute Gasteiger partial charge is 0.454 e. The average molecular weight is 306 g/mol. The lowest BCUT2D eigenvalue weighted by Gasteiger charge is -2.05. The summed E-state index contributed by atoms with van der Waals surface area (Å²) in [7, 11) is 0. The van der Waals surface area contributed by atoms with E-state index in [0.717, 1.165) is 10.8 Å². The summed E-state index contributed by atoms with van der Waals surface area (Å²) in [4.78, 5) is 4.37. The van der Waals surface area contributed by atoms with Crippen molar-refractivity contribution in [2.24, 2.45) is 5.16 Å². The summed E-state index contributed by atoms with van der Waals surface area (Å²) in [5.41, 5.74) is 0.880. The number of fused-ring (bicyclic) bond motifs is 2. The molecule has 0 aliphatic carbocycles. The first-order valence-electron chi connectivity index (χ1n) is 7.02. The Hall–Kier alpha value is -3.21. The summed E-state index contributed by atoms with van der Waals surface area (Å²) in [5.74, 6) is -0.0984. The lowest BCUT2D eigenvalue weighted by Crippen LogP contribution is -2.05. The van der Waals surface area contributed by atoms with Crippen molar-refractivity contribution in [3.05, 3.63) is 72.0 Å². The SMILES string of the molecule is ON=c1cc(-c2cc3ccccc3cn2)oc2cccc(F)c12. The van der Waals surface area contributed by atoms with Gasteiger partial charge in [-0.15, -0.1) is 0 Å². The molecule has 4 nitrogen and oxygen atoms in total. The summed E-state index contributed by atoms with van der Waals surface area (Å²) >= 11 is 0. The van der Waals surface area contributed by atoms with Gasteiger partial charge in [-0.1, -0.05) is 35.5 Å². The Kier molecular flexibility index (Phi) is 3.05. The highest BCUT2D eigenvalue weighted by Gasteiger charge is 2.11. The van der Waals surface area contributed by atoms with Crippen LogP contribution in [0.5, 0.6) is 0 Å². The van der Waals surface area contributed by atoms with E-state index in [1.54, 1.807) is 18.3 Å². The van der Waals surface area contributed by atoms with Gasteiger partial charge in [0.1, 0.15) is 22.5 Å². The molecule has 0 aliphatic heterocycles. The predicted molar refractivity (Wildman–Crippen MR) is 84.3 cm³/mol. The van der Waals surface area contributed by atoms with Gasteiger partial charge in [0.2, 0.25) is 0 Å². The van der Waals surface area contributed by atoms with Gasteiger partial charge in [-0.25, -0.2) is 4.39 Å². The normalized spacial score (nSPS) is 12.1. The van der Waals surface area contributed by atoms with E-state index in [1.165, 1.54) is 12.1 Å². The molecule has 4 rings (SSSR count). The van der Waals surface area contributed by atoms with Crippen LogP contribution < -0.4 is 5.36 Å². The first-order valence-corrected chi connectivity index (χ1v) is 7.02. The van der Waals surface area contributed by atoms with Crippen molar-refractivity contribution in [2.45, 2.75) is 0 Å². The Bertz CT molecular complexity index is 1100. The molecule has 0 bridgehead atoms. The van der Waals surface area contributed by atoms with Crippen LogP contribution in [0.2, 0.25) is 0 Å².